The second kappa shape index (κ2) is 9.01. The number of nitrogens with zero attached hydrogens (tertiary/aromatic N) is 2. The minimum atomic E-state index is -3.54. The van der Waals surface area contributed by atoms with Crippen molar-refractivity contribution >= 4 is 33.1 Å². The maximum atomic E-state index is 12.8. The fraction of sp³-hybridized carbons (Fsp3) is 0.316. The third kappa shape index (κ3) is 5.30. The normalized spacial score (nSPS) is 15.3. The number of amides is 2. The van der Waals surface area contributed by atoms with Gasteiger partial charge in [0.2, 0.25) is 10.0 Å². The van der Waals surface area contributed by atoms with E-state index in [2.05, 4.69) is 10.6 Å². The predicted molar refractivity (Wildman–Crippen MR) is 109 cm³/mol. The zero-order valence-corrected chi connectivity index (χ0v) is 16.5. The van der Waals surface area contributed by atoms with Crippen LogP contribution in [0.5, 0.6) is 0 Å². The van der Waals surface area contributed by atoms with Gasteiger partial charge in [-0.1, -0.05) is 12.8 Å². The van der Waals surface area contributed by atoms with E-state index in [9.17, 15) is 23.3 Å². The third-order valence-electron chi connectivity index (χ3n) is 4.65. The Morgan fingerprint density at radius 2 is 1.34 bits per heavy atom. The molecule has 0 atom stereocenters. The highest BCUT2D eigenvalue weighted by Gasteiger charge is 2.24. The summed E-state index contributed by atoms with van der Waals surface area (Å²) < 4.78 is 27.1. The van der Waals surface area contributed by atoms with E-state index >= 15 is 0 Å². The molecular formula is C19H22N4O5S. The van der Waals surface area contributed by atoms with Crippen LogP contribution in [0.4, 0.5) is 21.9 Å². The molecule has 9 nitrogen and oxygen atoms in total. The van der Waals surface area contributed by atoms with Gasteiger partial charge in [-0.3, -0.25) is 10.1 Å². The van der Waals surface area contributed by atoms with Gasteiger partial charge in [0.15, 0.2) is 0 Å². The first-order valence-corrected chi connectivity index (χ1v) is 10.7. The zero-order valence-electron chi connectivity index (χ0n) is 15.7. The summed E-state index contributed by atoms with van der Waals surface area (Å²) in [5, 5.41) is 15.8. The average molecular weight is 418 g/mol. The Balaban J connectivity index is 1.62. The molecule has 0 unspecified atom stereocenters. The predicted octanol–water partition coefficient (Wildman–Crippen LogP) is 3.80. The second-order valence-electron chi connectivity index (χ2n) is 6.73. The van der Waals surface area contributed by atoms with Crippen molar-refractivity contribution in [1.29, 1.82) is 0 Å². The van der Waals surface area contributed by atoms with Gasteiger partial charge in [0.05, 0.1) is 9.82 Å². The van der Waals surface area contributed by atoms with Gasteiger partial charge in [0.1, 0.15) is 0 Å². The van der Waals surface area contributed by atoms with E-state index in [0.29, 0.717) is 24.5 Å². The minimum absolute atomic E-state index is 0.0721. The first kappa shape index (κ1) is 20.7. The summed E-state index contributed by atoms with van der Waals surface area (Å²) >= 11 is 0. The van der Waals surface area contributed by atoms with Crippen LogP contribution in [-0.2, 0) is 10.0 Å². The molecule has 0 spiro atoms. The lowest BCUT2D eigenvalue weighted by Crippen LogP contribution is -2.31. The smallest absolute Gasteiger partial charge is 0.308 e. The van der Waals surface area contributed by atoms with Gasteiger partial charge >= 0.3 is 6.03 Å². The Morgan fingerprint density at radius 1 is 0.862 bits per heavy atom. The van der Waals surface area contributed by atoms with Crippen molar-refractivity contribution in [3.05, 3.63) is 58.6 Å². The maximum absolute atomic E-state index is 12.8. The first-order chi connectivity index (χ1) is 13.9. The number of hydrogen-bond acceptors (Lipinski definition) is 5. The highest BCUT2D eigenvalue weighted by molar-refractivity contribution is 7.89. The number of urea groups is 1. The first-order valence-electron chi connectivity index (χ1n) is 9.29. The molecule has 1 fully saturated rings. The van der Waals surface area contributed by atoms with E-state index in [1.165, 1.54) is 52.8 Å². The standard InChI is InChI=1S/C19H22N4O5S/c24-19(20-15-5-9-17(10-6-15)23(25)26)21-16-7-11-18(12-8-16)29(27,28)22-13-3-1-2-4-14-22/h5-12H,1-4,13-14H2,(H2,20,21,24). The number of hydrogen-bond donors (Lipinski definition) is 2. The summed E-state index contributed by atoms with van der Waals surface area (Å²) in [7, 11) is -3.54. The Hall–Kier alpha value is -2.98. The van der Waals surface area contributed by atoms with E-state index in [1.54, 1.807) is 0 Å². The third-order valence-corrected chi connectivity index (χ3v) is 6.56. The van der Waals surface area contributed by atoms with Crippen molar-refractivity contribution < 1.29 is 18.1 Å². The summed E-state index contributed by atoms with van der Waals surface area (Å²) in [6, 6.07) is 10.9. The Kier molecular flexibility index (Phi) is 6.45. The van der Waals surface area contributed by atoms with Crippen LogP contribution in [0.15, 0.2) is 53.4 Å². The molecule has 1 aliphatic rings. The molecule has 29 heavy (non-hydrogen) atoms. The molecule has 0 aromatic heterocycles. The van der Waals surface area contributed by atoms with Gasteiger partial charge in [-0.2, -0.15) is 4.31 Å². The lowest BCUT2D eigenvalue weighted by atomic mass is 10.2. The monoisotopic (exact) mass is 418 g/mol. The number of nitrogens with one attached hydrogen (secondary N) is 2. The molecule has 154 valence electrons. The largest absolute Gasteiger partial charge is 0.323 e. The quantitative estimate of drug-likeness (QED) is 0.565. The van der Waals surface area contributed by atoms with E-state index in [4.69, 9.17) is 0 Å². The number of benzene rings is 2. The van der Waals surface area contributed by atoms with Gasteiger partial charge in [0, 0.05) is 36.6 Å². The number of rotatable bonds is 5. The fourth-order valence-corrected chi connectivity index (χ4v) is 4.62. The number of carbonyl (C=O) groups is 1. The van der Waals surface area contributed by atoms with Gasteiger partial charge in [-0.25, -0.2) is 13.2 Å². The van der Waals surface area contributed by atoms with Crippen LogP contribution in [0.2, 0.25) is 0 Å². The van der Waals surface area contributed by atoms with E-state index in [0.717, 1.165) is 25.7 Å². The minimum Gasteiger partial charge on any atom is -0.308 e. The Bertz CT molecular complexity index is 967. The highest BCUT2D eigenvalue weighted by Crippen LogP contribution is 2.22. The summed E-state index contributed by atoms with van der Waals surface area (Å²) in [6.07, 6.45) is 3.81. The van der Waals surface area contributed by atoms with Crippen molar-refractivity contribution in [2.24, 2.45) is 0 Å². The second-order valence-corrected chi connectivity index (χ2v) is 8.66. The zero-order chi connectivity index (χ0) is 20.9. The fourth-order valence-electron chi connectivity index (χ4n) is 3.10. The maximum Gasteiger partial charge on any atom is 0.323 e. The highest BCUT2D eigenvalue weighted by atomic mass is 32.2. The lowest BCUT2D eigenvalue weighted by molar-refractivity contribution is -0.384. The number of non-ortho nitro benzene ring substituents is 1. The van der Waals surface area contributed by atoms with Crippen molar-refractivity contribution in [1.82, 2.24) is 4.31 Å². The average Bonchev–Trinajstić information content (AvgIpc) is 2.99. The molecule has 3 rings (SSSR count). The van der Waals surface area contributed by atoms with Crippen molar-refractivity contribution in [3.63, 3.8) is 0 Å². The van der Waals surface area contributed by atoms with Crippen LogP contribution in [0.1, 0.15) is 25.7 Å². The Labute approximate surface area is 168 Å². The van der Waals surface area contributed by atoms with E-state index in [-0.39, 0.29) is 10.6 Å². The van der Waals surface area contributed by atoms with Crippen molar-refractivity contribution in [2.45, 2.75) is 30.6 Å². The van der Waals surface area contributed by atoms with Crippen molar-refractivity contribution in [2.75, 3.05) is 23.7 Å². The van der Waals surface area contributed by atoms with Gasteiger partial charge in [-0.05, 0) is 49.2 Å². The van der Waals surface area contributed by atoms with Crippen LogP contribution in [0.25, 0.3) is 0 Å². The molecule has 0 radical (unpaired) electrons. The molecule has 2 N–H and O–H groups in total. The van der Waals surface area contributed by atoms with Gasteiger partial charge < -0.3 is 10.6 Å². The lowest BCUT2D eigenvalue weighted by Gasteiger charge is -2.20. The Morgan fingerprint density at radius 3 is 1.83 bits per heavy atom. The molecule has 1 saturated heterocycles. The van der Waals surface area contributed by atoms with E-state index in [1.807, 2.05) is 0 Å². The molecular weight excluding hydrogens is 396 g/mol. The molecule has 10 heteroatoms. The van der Waals surface area contributed by atoms with Crippen LogP contribution < -0.4 is 10.6 Å². The van der Waals surface area contributed by atoms with Gasteiger partial charge in [0.25, 0.3) is 5.69 Å². The molecule has 2 amide bonds. The van der Waals surface area contributed by atoms with Crippen LogP contribution in [-0.4, -0.2) is 36.8 Å². The molecule has 2 aromatic rings. The summed E-state index contributed by atoms with van der Waals surface area (Å²) in [6.45, 7) is 1.06. The topological polar surface area (TPSA) is 122 Å². The van der Waals surface area contributed by atoms with E-state index < -0.39 is 21.0 Å². The number of nitro benzene ring substituents is 1. The SMILES string of the molecule is O=C(Nc1ccc([N+](=O)[O-])cc1)Nc1ccc(S(=O)(=O)N2CCCCCC2)cc1. The molecule has 1 aliphatic heterocycles. The molecule has 0 saturated carbocycles. The van der Waals surface area contributed by atoms with Crippen molar-refractivity contribution in [3.8, 4) is 0 Å². The number of carbonyl (C=O) groups excluding carboxylic acids is 1. The summed E-state index contributed by atoms with van der Waals surface area (Å²) in [5.41, 5.74) is 0.754. The van der Waals surface area contributed by atoms with Crippen LogP contribution in [0.3, 0.4) is 0 Å². The molecule has 2 aromatic carbocycles. The number of anilines is 2. The van der Waals surface area contributed by atoms with Crippen LogP contribution >= 0.6 is 0 Å². The van der Waals surface area contributed by atoms with Gasteiger partial charge in [-0.15, -0.1) is 0 Å². The van der Waals surface area contributed by atoms with Crippen LogP contribution in [0, 0.1) is 10.1 Å². The molecule has 0 bridgehead atoms. The molecule has 0 aliphatic carbocycles. The number of nitro groups is 1. The summed E-state index contributed by atoms with van der Waals surface area (Å²) in [4.78, 5) is 22.4. The number of sulfonamides is 1. The summed E-state index contributed by atoms with van der Waals surface area (Å²) in [5.74, 6) is 0. The molecule has 1 heterocycles.